The van der Waals surface area contributed by atoms with E-state index in [4.69, 9.17) is 10.5 Å². The van der Waals surface area contributed by atoms with E-state index in [0.29, 0.717) is 36.8 Å². The SMILES string of the molecule is Cc1ccccc1Nc1nc(N)nc(COC(=O)C2CCN(C(=O)c3cccs3)CC2)n1. The topological polar surface area (TPSA) is 123 Å². The second-order valence-electron chi connectivity index (χ2n) is 7.52. The number of carbonyl (C=O) groups excluding carboxylic acids is 2. The van der Waals surface area contributed by atoms with Gasteiger partial charge in [-0.3, -0.25) is 9.59 Å². The zero-order chi connectivity index (χ0) is 22.5. The number of hydrogen-bond donors (Lipinski definition) is 2. The fourth-order valence-corrected chi connectivity index (χ4v) is 4.21. The maximum Gasteiger partial charge on any atom is 0.309 e. The van der Waals surface area contributed by atoms with E-state index in [1.165, 1.54) is 11.3 Å². The van der Waals surface area contributed by atoms with E-state index in [0.717, 1.165) is 11.3 Å². The van der Waals surface area contributed by atoms with Gasteiger partial charge in [0.25, 0.3) is 5.91 Å². The van der Waals surface area contributed by atoms with E-state index in [2.05, 4.69) is 20.3 Å². The van der Waals surface area contributed by atoms with Crippen molar-refractivity contribution in [1.82, 2.24) is 19.9 Å². The predicted octanol–water partition coefficient (Wildman–Crippen LogP) is 3.16. The third-order valence-electron chi connectivity index (χ3n) is 5.28. The summed E-state index contributed by atoms with van der Waals surface area (Å²) < 4.78 is 5.44. The maximum absolute atomic E-state index is 12.5. The zero-order valence-corrected chi connectivity index (χ0v) is 18.5. The molecule has 0 unspecified atom stereocenters. The fraction of sp³-hybridized carbons (Fsp3) is 0.318. The number of nitrogen functional groups attached to an aromatic ring is 1. The van der Waals surface area contributed by atoms with Gasteiger partial charge in [-0.25, -0.2) is 0 Å². The smallest absolute Gasteiger partial charge is 0.309 e. The molecule has 4 rings (SSSR count). The molecule has 3 heterocycles. The van der Waals surface area contributed by atoms with Crippen molar-refractivity contribution in [2.75, 3.05) is 24.1 Å². The van der Waals surface area contributed by atoms with E-state index in [1.807, 2.05) is 48.7 Å². The molecule has 2 aromatic heterocycles. The zero-order valence-electron chi connectivity index (χ0n) is 17.7. The Hall–Kier alpha value is -3.53. The second kappa shape index (κ2) is 9.73. The van der Waals surface area contributed by atoms with Gasteiger partial charge in [-0.05, 0) is 42.8 Å². The lowest BCUT2D eigenvalue weighted by Gasteiger charge is -2.30. The number of nitrogens with two attached hydrogens (primary N) is 1. The molecule has 1 amide bonds. The summed E-state index contributed by atoms with van der Waals surface area (Å²) >= 11 is 1.42. The highest BCUT2D eigenvalue weighted by atomic mass is 32.1. The van der Waals surface area contributed by atoms with Crippen molar-refractivity contribution in [2.45, 2.75) is 26.4 Å². The van der Waals surface area contributed by atoms with Crippen molar-refractivity contribution in [3.05, 3.63) is 58.0 Å². The van der Waals surface area contributed by atoms with Crippen molar-refractivity contribution < 1.29 is 14.3 Å². The van der Waals surface area contributed by atoms with Gasteiger partial charge >= 0.3 is 5.97 Å². The Morgan fingerprint density at radius 1 is 1.16 bits per heavy atom. The van der Waals surface area contributed by atoms with Gasteiger partial charge in [0.05, 0.1) is 10.8 Å². The van der Waals surface area contributed by atoms with Crippen LogP contribution in [0, 0.1) is 12.8 Å². The Balaban J connectivity index is 1.31. The van der Waals surface area contributed by atoms with Crippen LogP contribution in [0.25, 0.3) is 0 Å². The van der Waals surface area contributed by atoms with Gasteiger partial charge in [-0.15, -0.1) is 11.3 Å². The van der Waals surface area contributed by atoms with E-state index < -0.39 is 0 Å². The molecule has 1 aliphatic rings. The Kier molecular flexibility index (Phi) is 6.60. The molecule has 0 saturated carbocycles. The summed E-state index contributed by atoms with van der Waals surface area (Å²) in [6, 6.07) is 11.4. The summed E-state index contributed by atoms with van der Waals surface area (Å²) in [4.78, 5) is 40.0. The van der Waals surface area contributed by atoms with Crippen LogP contribution in [-0.2, 0) is 16.1 Å². The molecule has 9 nitrogen and oxygen atoms in total. The minimum absolute atomic E-state index is 0.0150. The molecule has 0 aliphatic carbocycles. The third kappa shape index (κ3) is 5.20. The van der Waals surface area contributed by atoms with Crippen LogP contribution in [0.1, 0.15) is 33.9 Å². The molecule has 1 fully saturated rings. The van der Waals surface area contributed by atoms with Crippen molar-refractivity contribution in [3.63, 3.8) is 0 Å². The number of piperidine rings is 1. The summed E-state index contributed by atoms with van der Waals surface area (Å²) in [7, 11) is 0. The lowest BCUT2D eigenvalue weighted by atomic mass is 9.97. The molecule has 0 spiro atoms. The number of nitrogens with zero attached hydrogens (tertiary/aromatic N) is 4. The average molecular weight is 453 g/mol. The summed E-state index contributed by atoms with van der Waals surface area (Å²) in [6.07, 6.45) is 1.13. The van der Waals surface area contributed by atoms with Gasteiger partial charge in [-0.2, -0.15) is 15.0 Å². The van der Waals surface area contributed by atoms with E-state index >= 15 is 0 Å². The number of aromatic nitrogens is 3. The Labute approximate surface area is 189 Å². The largest absolute Gasteiger partial charge is 0.457 e. The Bertz CT molecular complexity index is 1100. The van der Waals surface area contributed by atoms with Crippen molar-refractivity contribution in [2.24, 2.45) is 5.92 Å². The van der Waals surface area contributed by atoms with Crippen LogP contribution in [0.2, 0.25) is 0 Å². The van der Waals surface area contributed by atoms with Gasteiger partial charge < -0.3 is 20.7 Å². The maximum atomic E-state index is 12.5. The predicted molar refractivity (Wildman–Crippen MR) is 121 cm³/mol. The van der Waals surface area contributed by atoms with Gasteiger partial charge in [0.2, 0.25) is 11.9 Å². The molecule has 32 heavy (non-hydrogen) atoms. The number of para-hydroxylation sites is 1. The quantitative estimate of drug-likeness (QED) is 0.547. The minimum Gasteiger partial charge on any atom is -0.457 e. The molecule has 0 bridgehead atoms. The highest BCUT2D eigenvalue weighted by molar-refractivity contribution is 7.12. The Morgan fingerprint density at radius 2 is 1.94 bits per heavy atom. The van der Waals surface area contributed by atoms with Gasteiger partial charge in [0, 0.05) is 18.8 Å². The standard InChI is InChI=1S/C22H24N6O3S/c1-14-5-2-3-6-16(14)24-22-26-18(25-21(23)27-22)13-31-20(30)15-8-10-28(11-9-15)19(29)17-7-4-12-32-17/h2-7,12,15H,8-11,13H2,1H3,(H3,23,24,25,26,27). The number of nitrogens with one attached hydrogen (secondary N) is 1. The first kappa shape index (κ1) is 21.7. The number of thiophene rings is 1. The molecule has 166 valence electrons. The van der Waals surface area contributed by atoms with Gasteiger partial charge in [0.1, 0.15) is 0 Å². The van der Waals surface area contributed by atoms with Gasteiger partial charge in [0.15, 0.2) is 12.4 Å². The van der Waals surface area contributed by atoms with Crippen LogP contribution in [0.15, 0.2) is 41.8 Å². The lowest BCUT2D eigenvalue weighted by Crippen LogP contribution is -2.40. The molecule has 3 N–H and O–H groups in total. The third-order valence-corrected chi connectivity index (χ3v) is 6.14. The first-order valence-electron chi connectivity index (χ1n) is 10.3. The van der Waals surface area contributed by atoms with Crippen LogP contribution in [0.3, 0.4) is 0 Å². The number of carbonyl (C=O) groups is 2. The second-order valence-corrected chi connectivity index (χ2v) is 8.47. The van der Waals surface area contributed by atoms with Crippen LogP contribution in [-0.4, -0.2) is 44.8 Å². The van der Waals surface area contributed by atoms with Crippen LogP contribution in [0.4, 0.5) is 17.6 Å². The summed E-state index contributed by atoms with van der Waals surface area (Å²) in [6.45, 7) is 2.93. The first-order chi connectivity index (χ1) is 15.5. The number of esters is 1. The molecule has 10 heteroatoms. The number of benzene rings is 1. The molecule has 1 aliphatic heterocycles. The summed E-state index contributed by atoms with van der Waals surface area (Å²) in [5.41, 5.74) is 7.69. The molecule has 1 saturated heterocycles. The summed E-state index contributed by atoms with van der Waals surface area (Å²) in [5.74, 6) is 0.0425. The normalized spacial score (nSPS) is 14.2. The molecule has 3 aromatic rings. The number of aryl methyl sites for hydroxylation is 1. The number of ether oxygens (including phenoxy) is 1. The van der Waals surface area contributed by atoms with Crippen molar-refractivity contribution in [1.29, 1.82) is 0 Å². The molecular weight excluding hydrogens is 428 g/mol. The number of hydrogen-bond acceptors (Lipinski definition) is 9. The minimum atomic E-state index is -0.319. The average Bonchev–Trinajstić information content (AvgIpc) is 3.33. The fourth-order valence-electron chi connectivity index (χ4n) is 3.52. The van der Waals surface area contributed by atoms with E-state index in [9.17, 15) is 9.59 Å². The Morgan fingerprint density at radius 3 is 2.66 bits per heavy atom. The van der Waals surface area contributed by atoms with E-state index in [-0.39, 0.29) is 36.2 Å². The molecule has 0 atom stereocenters. The van der Waals surface area contributed by atoms with Crippen molar-refractivity contribution >= 4 is 40.8 Å². The summed E-state index contributed by atoms with van der Waals surface area (Å²) in [5, 5.41) is 4.99. The van der Waals surface area contributed by atoms with Crippen molar-refractivity contribution in [3.8, 4) is 0 Å². The molecule has 1 aromatic carbocycles. The highest BCUT2D eigenvalue weighted by Crippen LogP contribution is 2.22. The highest BCUT2D eigenvalue weighted by Gasteiger charge is 2.29. The number of anilines is 3. The number of amides is 1. The van der Waals surface area contributed by atoms with Crippen LogP contribution < -0.4 is 11.1 Å². The van der Waals surface area contributed by atoms with Gasteiger partial charge in [-0.1, -0.05) is 24.3 Å². The monoisotopic (exact) mass is 452 g/mol. The van der Waals surface area contributed by atoms with Crippen LogP contribution >= 0.6 is 11.3 Å². The van der Waals surface area contributed by atoms with E-state index in [1.54, 1.807) is 4.90 Å². The number of likely N-dealkylation sites (tertiary alicyclic amines) is 1. The number of rotatable bonds is 6. The first-order valence-corrected chi connectivity index (χ1v) is 11.2. The molecular formula is C22H24N6O3S. The van der Waals surface area contributed by atoms with Crippen LogP contribution in [0.5, 0.6) is 0 Å². The molecule has 0 radical (unpaired) electrons. The lowest BCUT2D eigenvalue weighted by molar-refractivity contribution is -0.151.